The number of pyridine rings is 1. The maximum absolute atomic E-state index is 12.8. The summed E-state index contributed by atoms with van der Waals surface area (Å²) in [5, 5.41) is 8.42. The third-order valence-corrected chi connectivity index (χ3v) is 7.69. The average molecular weight is 528 g/mol. The van der Waals surface area contributed by atoms with E-state index >= 15 is 0 Å². The van der Waals surface area contributed by atoms with Crippen LogP contribution in [0.15, 0.2) is 85.2 Å². The Labute approximate surface area is 232 Å². The summed E-state index contributed by atoms with van der Waals surface area (Å²) in [6.07, 6.45) is 3.45. The van der Waals surface area contributed by atoms with Crippen LogP contribution in [0.2, 0.25) is 0 Å². The highest BCUT2D eigenvalue weighted by atomic mass is 16.1. The number of fused-ring (bicyclic) bond motifs is 1. The van der Waals surface area contributed by atoms with Gasteiger partial charge in [0, 0.05) is 54.6 Å². The van der Waals surface area contributed by atoms with Gasteiger partial charge >= 0.3 is 0 Å². The lowest BCUT2D eigenvalue weighted by Crippen LogP contribution is -2.43. The molecule has 0 radical (unpaired) electrons. The van der Waals surface area contributed by atoms with E-state index in [0.29, 0.717) is 22.9 Å². The second-order valence-corrected chi connectivity index (χ2v) is 10.4. The summed E-state index contributed by atoms with van der Waals surface area (Å²) >= 11 is 0. The maximum Gasteiger partial charge on any atom is 0.257 e. The second kappa shape index (κ2) is 10.3. The molecule has 1 N–H and O–H groups in total. The highest BCUT2D eigenvalue weighted by molar-refractivity contribution is 6.04. The Morgan fingerprint density at radius 2 is 1.65 bits per heavy atom. The van der Waals surface area contributed by atoms with Gasteiger partial charge in [0.25, 0.3) is 5.91 Å². The summed E-state index contributed by atoms with van der Waals surface area (Å²) in [6.45, 7) is 5.27. The quantitative estimate of drug-likeness (QED) is 0.283. The van der Waals surface area contributed by atoms with Crippen molar-refractivity contribution in [2.24, 2.45) is 7.05 Å². The number of amides is 1. The van der Waals surface area contributed by atoms with Gasteiger partial charge in [-0.3, -0.25) is 14.5 Å². The number of anilines is 1. The van der Waals surface area contributed by atoms with Crippen LogP contribution in [0.25, 0.3) is 27.7 Å². The molecule has 7 nitrogen and oxygen atoms in total. The van der Waals surface area contributed by atoms with Gasteiger partial charge in [0.2, 0.25) is 0 Å². The molecule has 1 aliphatic heterocycles. The standard InChI is InChI=1S/C33H29N5O2/c1-21-4-6-26(15-30(21)36-33(40)27-7-5-22(2)34-16-27)32(20-39)38-18-29(19-38)24-10-8-23(9-11-24)25-12-13-31-28(14-25)17-35-37(31)3/h4-17,29H,18-19H2,1-3H3,(H,36,40). The van der Waals surface area contributed by atoms with Gasteiger partial charge in [0.15, 0.2) is 5.94 Å². The van der Waals surface area contributed by atoms with E-state index in [1.54, 1.807) is 18.3 Å². The van der Waals surface area contributed by atoms with E-state index in [9.17, 15) is 9.59 Å². The summed E-state index contributed by atoms with van der Waals surface area (Å²) in [5.74, 6) is 2.23. The second-order valence-electron chi connectivity index (χ2n) is 10.4. The molecule has 1 saturated heterocycles. The van der Waals surface area contributed by atoms with E-state index in [1.807, 2.05) is 54.9 Å². The number of hydrogen-bond acceptors (Lipinski definition) is 5. The van der Waals surface area contributed by atoms with Crippen LogP contribution in [-0.2, 0) is 11.8 Å². The first-order valence-corrected chi connectivity index (χ1v) is 13.3. The van der Waals surface area contributed by atoms with Crippen LogP contribution in [-0.4, -0.2) is 44.6 Å². The molecular formula is C33H29N5O2. The maximum atomic E-state index is 12.8. The minimum atomic E-state index is -0.239. The zero-order valence-electron chi connectivity index (χ0n) is 22.7. The highest BCUT2D eigenvalue weighted by Crippen LogP contribution is 2.35. The van der Waals surface area contributed by atoms with Crippen LogP contribution < -0.4 is 5.32 Å². The molecule has 3 aromatic carbocycles. The largest absolute Gasteiger partial charge is 0.361 e. The highest BCUT2D eigenvalue weighted by Gasteiger charge is 2.31. The SMILES string of the molecule is Cc1ccc(C(=O)Nc2cc(C(=C=O)N3CC(c4ccc(-c5ccc6c(cnn6C)c5)cc4)C3)ccc2C)cn1. The molecule has 0 atom stereocenters. The Bertz CT molecular complexity index is 1770. The van der Waals surface area contributed by atoms with Gasteiger partial charge in [-0.2, -0.15) is 5.10 Å². The van der Waals surface area contributed by atoms with Gasteiger partial charge < -0.3 is 10.2 Å². The van der Waals surface area contributed by atoms with E-state index in [4.69, 9.17) is 0 Å². The van der Waals surface area contributed by atoms with E-state index in [0.717, 1.165) is 51.9 Å². The van der Waals surface area contributed by atoms with Crippen LogP contribution in [0.4, 0.5) is 5.69 Å². The van der Waals surface area contributed by atoms with Gasteiger partial charge in [-0.25, -0.2) is 4.79 Å². The van der Waals surface area contributed by atoms with Crippen molar-refractivity contribution in [2.45, 2.75) is 19.8 Å². The molecule has 0 spiro atoms. The number of hydrogen-bond donors (Lipinski definition) is 1. The lowest BCUT2D eigenvalue weighted by molar-refractivity contribution is 0.102. The topological polar surface area (TPSA) is 80.1 Å². The number of nitrogens with zero attached hydrogens (tertiary/aromatic N) is 4. The van der Waals surface area contributed by atoms with Crippen LogP contribution in [0.1, 0.15) is 38.7 Å². The number of carbonyl (C=O) groups excluding carboxylic acids is 2. The Morgan fingerprint density at radius 3 is 2.38 bits per heavy atom. The van der Waals surface area contributed by atoms with Gasteiger partial charge in [-0.05, 0) is 66.4 Å². The minimum absolute atomic E-state index is 0.239. The Balaban J connectivity index is 1.13. The van der Waals surface area contributed by atoms with Crippen molar-refractivity contribution in [2.75, 3.05) is 18.4 Å². The van der Waals surface area contributed by atoms with Crippen molar-refractivity contribution in [1.82, 2.24) is 19.7 Å². The smallest absolute Gasteiger partial charge is 0.257 e. The first kappa shape index (κ1) is 25.3. The molecule has 0 saturated carbocycles. The van der Waals surface area contributed by atoms with Crippen molar-refractivity contribution < 1.29 is 9.59 Å². The third kappa shape index (κ3) is 4.79. The fourth-order valence-electron chi connectivity index (χ4n) is 5.17. The van der Waals surface area contributed by atoms with E-state index in [2.05, 4.69) is 63.8 Å². The number of benzene rings is 3. The number of nitrogens with one attached hydrogen (secondary N) is 1. The predicted octanol–water partition coefficient (Wildman–Crippen LogP) is 5.78. The molecule has 1 aliphatic rings. The summed E-state index contributed by atoms with van der Waals surface area (Å²) in [6, 6.07) is 24.3. The Morgan fingerprint density at radius 1 is 0.900 bits per heavy atom. The normalized spacial score (nSPS) is 13.1. The van der Waals surface area contributed by atoms with Crippen molar-refractivity contribution in [3.8, 4) is 11.1 Å². The minimum Gasteiger partial charge on any atom is -0.361 e. The molecule has 198 valence electrons. The van der Waals surface area contributed by atoms with E-state index in [-0.39, 0.29) is 5.91 Å². The first-order valence-electron chi connectivity index (χ1n) is 13.3. The molecule has 1 amide bonds. The summed E-state index contributed by atoms with van der Waals surface area (Å²) in [7, 11) is 1.95. The van der Waals surface area contributed by atoms with Gasteiger partial charge in [0.1, 0.15) is 5.70 Å². The van der Waals surface area contributed by atoms with Crippen LogP contribution >= 0.6 is 0 Å². The Kier molecular flexibility index (Phi) is 6.50. The van der Waals surface area contributed by atoms with Crippen LogP contribution in [0.5, 0.6) is 0 Å². The molecule has 40 heavy (non-hydrogen) atoms. The molecule has 1 fully saturated rings. The number of aromatic nitrogens is 3. The lowest BCUT2D eigenvalue weighted by atomic mass is 9.89. The zero-order valence-corrected chi connectivity index (χ0v) is 22.7. The molecule has 6 rings (SSSR count). The fourth-order valence-corrected chi connectivity index (χ4v) is 5.17. The number of rotatable bonds is 6. The predicted molar refractivity (Wildman–Crippen MR) is 158 cm³/mol. The molecule has 0 unspecified atom stereocenters. The number of carbonyl (C=O) groups is 1. The molecule has 0 aliphatic carbocycles. The van der Waals surface area contributed by atoms with Gasteiger partial charge in [0.05, 0.1) is 17.3 Å². The zero-order chi connectivity index (χ0) is 27.8. The molecule has 0 bridgehead atoms. The molecule has 5 aromatic rings. The van der Waals surface area contributed by atoms with Gasteiger partial charge in [-0.1, -0.05) is 42.5 Å². The van der Waals surface area contributed by atoms with Gasteiger partial charge in [-0.15, -0.1) is 0 Å². The molecule has 3 heterocycles. The Hall–Kier alpha value is -5.00. The van der Waals surface area contributed by atoms with Crippen LogP contribution in [0, 0.1) is 13.8 Å². The van der Waals surface area contributed by atoms with E-state index < -0.39 is 0 Å². The third-order valence-electron chi connectivity index (χ3n) is 7.69. The monoisotopic (exact) mass is 527 g/mol. The summed E-state index contributed by atoms with van der Waals surface area (Å²) in [5.41, 5.74) is 8.82. The first-order chi connectivity index (χ1) is 19.4. The van der Waals surface area contributed by atoms with E-state index in [1.165, 1.54) is 5.56 Å². The van der Waals surface area contributed by atoms with Crippen molar-refractivity contribution >= 4 is 34.1 Å². The fraction of sp³-hybridized carbons (Fsp3) is 0.182. The molecule has 2 aromatic heterocycles. The summed E-state index contributed by atoms with van der Waals surface area (Å²) < 4.78 is 1.88. The van der Waals surface area contributed by atoms with Crippen molar-refractivity contribution in [1.29, 1.82) is 0 Å². The van der Waals surface area contributed by atoms with Crippen molar-refractivity contribution in [3.05, 3.63) is 113 Å². The summed E-state index contributed by atoms with van der Waals surface area (Å²) in [4.78, 5) is 31.0. The molecule has 7 heteroatoms. The lowest BCUT2D eigenvalue weighted by Gasteiger charge is -2.41. The van der Waals surface area contributed by atoms with Crippen molar-refractivity contribution in [3.63, 3.8) is 0 Å². The number of aryl methyl sites for hydroxylation is 3. The molecular weight excluding hydrogens is 498 g/mol. The average Bonchev–Trinajstić information content (AvgIpc) is 3.32. The number of likely N-dealkylation sites (tertiary alicyclic amines) is 1. The van der Waals surface area contributed by atoms with Crippen LogP contribution in [0.3, 0.4) is 0 Å².